The van der Waals surface area contributed by atoms with Crippen molar-refractivity contribution in [3.8, 4) is 0 Å². The summed E-state index contributed by atoms with van der Waals surface area (Å²) in [4.78, 5) is 16.4. The first-order chi connectivity index (χ1) is 9.16. The number of primary sulfonamides is 1. The van der Waals surface area contributed by atoms with E-state index >= 15 is 0 Å². The first kappa shape index (κ1) is 13.5. The first-order valence-corrected chi connectivity index (χ1v) is 8.17. The van der Waals surface area contributed by atoms with Crippen LogP contribution in [-0.4, -0.2) is 28.8 Å². The highest BCUT2D eigenvalue weighted by atomic mass is 32.3. The monoisotopic (exact) mass is 312 g/mol. The van der Waals surface area contributed by atoms with Gasteiger partial charge in [-0.25, -0.2) is 23.6 Å². The normalized spacial score (nSPS) is 24.4. The van der Waals surface area contributed by atoms with Crippen LogP contribution in [0.4, 0.5) is 0 Å². The predicted octanol–water partition coefficient (Wildman–Crippen LogP) is 0.731. The number of carbonyl (C=O) groups excluding carboxylic acids is 1. The molecule has 2 heterocycles. The van der Waals surface area contributed by atoms with E-state index in [2.05, 4.69) is 10.1 Å². The van der Waals surface area contributed by atoms with Crippen LogP contribution in [0, 0.1) is 5.41 Å². The largest absolute Gasteiger partial charge is 0.294 e. The van der Waals surface area contributed by atoms with Crippen LogP contribution in [0.1, 0.15) is 20.3 Å². The number of carbonyl (C=O) groups is 1. The smallest absolute Gasteiger partial charge is 0.264 e. The van der Waals surface area contributed by atoms with Crippen LogP contribution >= 0.6 is 11.8 Å². The molecule has 0 fully saturated rings. The number of ketones is 1. The zero-order valence-electron chi connectivity index (χ0n) is 10.8. The van der Waals surface area contributed by atoms with Gasteiger partial charge in [0.1, 0.15) is 0 Å². The number of thioether (sulfide) groups is 1. The Bertz CT molecular complexity index is 744. The fraction of sp³-hybridized carbons (Fsp3) is 0.364. The van der Waals surface area contributed by atoms with Crippen LogP contribution in [0.2, 0.25) is 0 Å². The van der Waals surface area contributed by atoms with Gasteiger partial charge in [-0.05, 0) is 17.2 Å². The summed E-state index contributed by atoms with van der Waals surface area (Å²) in [5, 5.41) is 10.6. The quantitative estimate of drug-likeness (QED) is 0.710. The van der Waals surface area contributed by atoms with Crippen molar-refractivity contribution in [3.05, 3.63) is 23.5 Å². The van der Waals surface area contributed by atoms with Gasteiger partial charge in [0.15, 0.2) is 11.0 Å². The molecule has 0 aromatic carbocycles. The van der Waals surface area contributed by atoms with E-state index in [0.717, 1.165) is 11.8 Å². The lowest BCUT2D eigenvalue weighted by atomic mass is 9.79. The van der Waals surface area contributed by atoms with Crippen molar-refractivity contribution in [2.24, 2.45) is 20.6 Å². The Kier molecular flexibility index (Phi) is 2.72. The first-order valence-electron chi connectivity index (χ1n) is 5.81. The van der Waals surface area contributed by atoms with E-state index in [-0.39, 0.29) is 15.6 Å². The number of fused-ring (bicyclic) bond motifs is 2. The molecule has 0 spiro atoms. The number of hydrazone groups is 1. The summed E-state index contributed by atoms with van der Waals surface area (Å²) < 4.78 is 22.4. The van der Waals surface area contributed by atoms with E-state index in [1.54, 1.807) is 0 Å². The summed E-state index contributed by atoms with van der Waals surface area (Å²) in [5.41, 5.74) is 0.757. The average Bonchev–Trinajstić information content (AvgIpc) is 2.67. The Morgan fingerprint density at radius 3 is 2.80 bits per heavy atom. The van der Waals surface area contributed by atoms with Crippen molar-refractivity contribution in [2.75, 3.05) is 0 Å². The zero-order chi connectivity index (χ0) is 14.7. The molecule has 106 valence electrons. The fourth-order valence-electron chi connectivity index (χ4n) is 2.16. The Labute approximate surface area is 120 Å². The molecule has 3 rings (SSSR count). The Balaban J connectivity index is 2.06. The molecule has 1 aliphatic carbocycles. The lowest BCUT2D eigenvalue weighted by Crippen LogP contribution is -2.28. The SMILES string of the molecule is CC1(C)C=C2N=C3SC(S(N)(=O)=O)=NN3C=C2C(=O)C1. The van der Waals surface area contributed by atoms with Crippen LogP contribution in [-0.2, 0) is 14.8 Å². The van der Waals surface area contributed by atoms with E-state index in [1.165, 1.54) is 11.2 Å². The molecule has 0 saturated heterocycles. The fourth-order valence-corrected chi connectivity index (χ4v) is 3.66. The van der Waals surface area contributed by atoms with Gasteiger partial charge in [-0.2, -0.15) is 0 Å². The minimum absolute atomic E-state index is 0.0282. The number of nitrogens with two attached hydrogens (primary N) is 1. The summed E-state index contributed by atoms with van der Waals surface area (Å²) >= 11 is 0.875. The third-order valence-corrected chi connectivity index (χ3v) is 5.23. The number of amidine groups is 1. The molecule has 9 heteroatoms. The lowest BCUT2D eigenvalue weighted by Gasteiger charge is -2.29. The number of nitrogens with zero attached hydrogens (tertiary/aromatic N) is 3. The summed E-state index contributed by atoms with van der Waals surface area (Å²) in [7, 11) is -3.87. The minimum atomic E-state index is -3.87. The summed E-state index contributed by atoms with van der Waals surface area (Å²) in [5.74, 6) is -0.0282. The van der Waals surface area contributed by atoms with Gasteiger partial charge in [-0.1, -0.05) is 19.9 Å². The van der Waals surface area contributed by atoms with Crippen LogP contribution < -0.4 is 5.14 Å². The highest BCUT2D eigenvalue weighted by molar-refractivity contribution is 8.42. The molecule has 0 aromatic heterocycles. The van der Waals surface area contributed by atoms with Gasteiger partial charge < -0.3 is 0 Å². The number of allylic oxidation sites excluding steroid dienone is 2. The molecule has 0 radical (unpaired) electrons. The average molecular weight is 312 g/mol. The molecule has 2 aliphatic heterocycles. The van der Waals surface area contributed by atoms with Crippen molar-refractivity contribution in [1.29, 1.82) is 0 Å². The van der Waals surface area contributed by atoms with Gasteiger partial charge in [0, 0.05) is 12.6 Å². The van der Waals surface area contributed by atoms with Crippen molar-refractivity contribution < 1.29 is 13.2 Å². The Hall–Kier alpha value is -1.45. The van der Waals surface area contributed by atoms with Crippen LogP contribution in [0.25, 0.3) is 0 Å². The molecule has 20 heavy (non-hydrogen) atoms. The third kappa shape index (κ3) is 2.21. The predicted molar refractivity (Wildman–Crippen MR) is 77.0 cm³/mol. The Morgan fingerprint density at radius 2 is 2.15 bits per heavy atom. The highest BCUT2D eigenvalue weighted by Crippen LogP contribution is 2.39. The molecule has 0 atom stereocenters. The maximum absolute atomic E-state index is 12.1. The van der Waals surface area contributed by atoms with E-state index in [9.17, 15) is 13.2 Å². The molecule has 0 saturated carbocycles. The molecule has 2 N–H and O–H groups in total. The highest BCUT2D eigenvalue weighted by Gasteiger charge is 2.37. The maximum atomic E-state index is 12.1. The van der Waals surface area contributed by atoms with Crippen molar-refractivity contribution >= 4 is 37.1 Å². The standard InChI is InChI=1S/C11H12N4O3S2/c1-11(2)3-7-6(8(16)4-11)5-15-9(13-7)19-10(14-15)20(12,17)18/h3,5H,4H2,1-2H3,(H2,12,17,18). The lowest BCUT2D eigenvalue weighted by molar-refractivity contribution is -0.117. The Morgan fingerprint density at radius 1 is 1.45 bits per heavy atom. The second kappa shape index (κ2) is 4.03. The van der Waals surface area contributed by atoms with Crippen LogP contribution in [0.5, 0.6) is 0 Å². The molecule has 7 nitrogen and oxygen atoms in total. The van der Waals surface area contributed by atoms with Gasteiger partial charge in [-0.15, -0.1) is 5.10 Å². The van der Waals surface area contributed by atoms with E-state index in [0.29, 0.717) is 22.9 Å². The van der Waals surface area contributed by atoms with E-state index < -0.39 is 10.0 Å². The second-order valence-electron chi connectivity index (χ2n) is 5.41. The third-order valence-electron chi connectivity index (χ3n) is 2.99. The van der Waals surface area contributed by atoms with Crippen molar-refractivity contribution in [1.82, 2.24) is 5.01 Å². The van der Waals surface area contributed by atoms with Gasteiger partial charge in [0.25, 0.3) is 10.0 Å². The summed E-state index contributed by atoms with van der Waals surface area (Å²) in [6.07, 6.45) is 3.82. The summed E-state index contributed by atoms with van der Waals surface area (Å²) in [6.45, 7) is 3.91. The van der Waals surface area contributed by atoms with Gasteiger partial charge >= 0.3 is 0 Å². The van der Waals surface area contributed by atoms with E-state index in [4.69, 9.17) is 5.14 Å². The topological polar surface area (TPSA) is 105 Å². The molecular weight excluding hydrogens is 300 g/mol. The number of sulfonamides is 1. The van der Waals surface area contributed by atoms with Gasteiger partial charge in [-0.3, -0.25) is 4.79 Å². The minimum Gasteiger partial charge on any atom is -0.294 e. The molecule has 0 amide bonds. The van der Waals surface area contributed by atoms with E-state index in [1.807, 2.05) is 19.9 Å². The molecule has 3 aliphatic rings. The maximum Gasteiger partial charge on any atom is 0.264 e. The second-order valence-corrected chi connectivity index (χ2v) is 8.10. The van der Waals surface area contributed by atoms with Crippen LogP contribution in [0.15, 0.2) is 33.6 Å². The number of hydrogen-bond donors (Lipinski definition) is 1. The molecular formula is C11H12N4O3S2. The van der Waals surface area contributed by atoms with Gasteiger partial charge in [0.05, 0.1) is 11.3 Å². The number of aliphatic imine (C=N–C) groups is 1. The number of Topliss-reactive ketones (excluding diaryl/α,β-unsaturated/α-hetero) is 1. The van der Waals surface area contributed by atoms with Gasteiger partial charge in [0.2, 0.25) is 4.38 Å². The van der Waals surface area contributed by atoms with Crippen molar-refractivity contribution in [2.45, 2.75) is 20.3 Å². The zero-order valence-corrected chi connectivity index (χ0v) is 12.5. The molecule has 0 aromatic rings. The number of rotatable bonds is 0. The number of hydrogen-bond acceptors (Lipinski definition) is 7. The van der Waals surface area contributed by atoms with Crippen LogP contribution in [0.3, 0.4) is 0 Å². The molecule has 0 unspecified atom stereocenters. The molecule has 0 bridgehead atoms. The summed E-state index contributed by atoms with van der Waals surface area (Å²) in [6, 6.07) is 0. The van der Waals surface area contributed by atoms with Crippen molar-refractivity contribution in [3.63, 3.8) is 0 Å².